The largest absolute Gasteiger partial charge is 0.472 e. The molecule has 1 aromatic heterocycles. The van der Waals surface area contributed by atoms with Crippen LogP contribution in [0.1, 0.15) is 18.4 Å². The molecule has 0 aliphatic carbocycles. The van der Waals surface area contributed by atoms with Gasteiger partial charge < -0.3 is 24.3 Å². The van der Waals surface area contributed by atoms with Crippen LogP contribution in [0.15, 0.2) is 23.0 Å². The van der Waals surface area contributed by atoms with Crippen molar-refractivity contribution < 1.29 is 13.9 Å². The van der Waals surface area contributed by atoms with Gasteiger partial charge in [0.15, 0.2) is 0 Å². The topological polar surface area (TPSA) is 58.0 Å². The second-order valence-electron chi connectivity index (χ2n) is 5.98. The predicted octanol–water partition coefficient (Wildman–Crippen LogP) is 1.78. The monoisotopic (exact) mass is 309 g/mol. The molecule has 1 saturated heterocycles. The van der Waals surface area contributed by atoms with Gasteiger partial charge in [0.25, 0.3) is 0 Å². The summed E-state index contributed by atoms with van der Waals surface area (Å²) in [5.41, 5.74) is 1.00. The van der Waals surface area contributed by atoms with Crippen LogP contribution in [0.25, 0.3) is 0 Å². The van der Waals surface area contributed by atoms with Gasteiger partial charge in [-0.1, -0.05) is 0 Å². The summed E-state index contributed by atoms with van der Waals surface area (Å²) in [6.07, 6.45) is 5.51. The molecule has 2 heterocycles. The molecule has 0 spiro atoms. The van der Waals surface area contributed by atoms with Crippen molar-refractivity contribution in [2.75, 3.05) is 46.9 Å². The molecule has 1 N–H and O–H groups in total. The van der Waals surface area contributed by atoms with Crippen LogP contribution in [-0.2, 0) is 11.3 Å². The summed E-state index contributed by atoms with van der Waals surface area (Å²) in [4.78, 5) is 16.2. The van der Waals surface area contributed by atoms with Crippen LogP contribution in [-0.4, -0.2) is 62.8 Å². The molecule has 1 aromatic rings. The Morgan fingerprint density at radius 2 is 2.45 bits per heavy atom. The van der Waals surface area contributed by atoms with E-state index in [2.05, 4.69) is 10.2 Å². The molecule has 6 nitrogen and oxygen atoms in total. The Morgan fingerprint density at radius 1 is 1.59 bits per heavy atom. The zero-order valence-corrected chi connectivity index (χ0v) is 13.6. The van der Waals surface area contributed by atoms with Gasteiger partial charge in [-0.3, -0.25) is 0 Å². The lowest BCUT2D eigenvalue weighted by molar-refractivity contribution is 0.178. The van der Waals surface area contributed by atoms with Gasteiger partial charge in [-0.15, -0.1) is 0 Å². The maximum atomic E-state index is 12.1. The number of hydrogen-bond donors (Lipinski definition) is 1. The first-order valence-electron chi connectivity index (χ1n) is 7.90. The van der Waals surface area contributed by atoms with E-state index in [0.717, 1.165) is 51.2 Å². The Labute approximate surface area is 132 Å². The second kappa shape index (κ2) is 8.80. The number of nitrogens with one attached hydrogen (secondary N) is 1. The van der Waals surface area contributed by atoms with Crippen LogP contribution < -0.4 is 5.32 Å². The van der Waals surface area contributed by atoms with E-state index in [1.165, 1.54) is 0 Å². The number of ether oxygens (including phenoxy) is 1. The number of nitrogens with zero attached hydrogens (tertiary/aromatic N) is 2. The van der Waals surface area contributed by atoms with Gasteiger partial charge in [-0.2, -0.15) is 0 Å². The highest BCUT2D eigenvalue weighted by atomic mass is 16.5. The minimum Gasteiger partial charge on any atom is -0.472 e. The lowest BCUT2D eigenvalue weighted by atomic mass is 10.1. The quantitative estimate of drug-likeness (QED) is 0.744. The van der Waals surface area contributed by atoms with Crippen molar-refractivity contribution in [3.63, 3.8) is 0 Å². The molecule has 124 valence electrons. The van der Waals surface area contributed by atoms with E-state index in [0.29, 0.717) is 12.5 Å². The highest BCUT2D eigenvalue weighted by Gasteiger charge is 2.22. The third-order valence-corrected chi connectivity index (χ3v) is 4.08. The molecule has 2 rings (SSSR count). The lowest BCUT2D eigenvalue weighted by Gasteiger charge is -2.19. The van der Waals surface area contributed by atoms with Crippen LogP contribution in [0.2, 0.25) is 0 Å². The molecule has 0 saturated carbocycles. The van der Waals surface area contributed by atoms with Crippen molar-refractivity contribution in [3.8, 4) is 0 Å². The zero-order valence-electron chi connectivity index (χ0n) is 13.6. The Morgan fingerprint density at radius 3 is 3.18 bits per heavy atom. The Balaban J connectivity index is 1.62. The summed E-state index contributed by atoms with van der Waals surface area (Å²) < 4.78 is 10.1. The van der Waals surface area contributed by atoms with Crippen molar-refractivity contribution in [1.82, 2.24) is 15.1 Å². The minimum atomic E-state index is -0.0287. The number of likely N-dealkylation sites (tertiary alicyclic amines) is 1. The Kier molecular flexibility index (Phi) is 6.74. The number of hydrogen-bond acceptors (Lipinski definition) is 4. The average Bonchev–Trinajstić information content (AvgIpc) is 3.17. The first-order valence-corrected chi connectivity index (χ1v) is 7.90. The number of rotatable bonds is 8. The Bertz CT molecular complexity index is 436. The van der Waals surface area contributed by atoms with Gasteiger partial charge in [0, 0.05) is 46.0 Å². The van der Waals surface area contributed by atoms with E-state index >= 15 is 0 Å². The highest BCUT2D eigenvalue weighted by molar-refractivity contribution is 5.73. The molecule has 1 unspecified atom stereocenters. The first kappa shape index (κ1) is 16.8. The van der Waals surface area contributed by atoms with Crippen molar-refractivity contribution >= 4 is 6.03 Å². The summed E-state index contributed by atoms with van der Waals surface area (Å²) in [5.74, 6) is 0.550. The third-order valence-electron chi connectivity index (χ3n) is 4.08. The lowest BCUT2D eigenvalue weighted by Crippen LogP contribution is -2.39. The molecule has 1 aliphatic heterocycles. The van der Waals surface area contributed by atoms with Crippen LogP contribution in [0, 0.1) is 5.92 Å². The number of urea groups is 1. The van der Waals surface area contributed by atoms with Crippen molar-refractivity contribution in [2.24, 2.45) is 5.92 Å². The molecule has 6 heteroatoms. The number of carbonyl (C=O) groups is 1. The molecule has 1 fully saturated rings. The SMILES string of the molecule is COCCCN1CCC(CNC(=O)N(C)Cc2ccoc2)C1. The maximum absolute atomic E-state index is 12.1. The zero-order chi connectivity index (χ0) is 15.8. The molecule has 1 aliphatic rings. The van der Waals surface area contributed by atoms with Crippen LogP contribution in [0.4, 0.5) is 4.79 Å². The van der Waals surface area contributed by atoms with Crippen LogP contribution in [0.3, 0.4) is 0 Å². The average molecular weight is 309 g/mol. The fourth-order valence-electron chi connectivity index (χ4n) is 2.81. The van der Waals surface area contributed by atoms with Crippen molar-refractivity contribution in [2.45, 2.75) is 19.4 Å². The molecule has 0 radical (unpaired) electrons. The van der Waals surface area contributed by atoms with E-state index in [-0.39, 0.29) is 6.03 Å². The van der Waals surface area contributed by atoms with Gasteiger partial charge >= 0.3 is 6.03 Å². The fourth-order valence-corrected chi connectivity index (χ4v) is 2.81. The van der Waals surface area contributed by atoms with Crippen LogP contribution in [0.5, 0.6) is 0 Å². The summed E-state index contributed by atoms with van der Waals surface area (Å²) >= 11 is 0. The summed E-state index contributed by atoms with van der Waals surface area (Å²) in [5, 5.41) is 3.03. The molecule has 2 amide bonds. The normalized spacial score (nSPS) is 18.5. The summed E-state index contributed by atoms with van der Waals surface area (Å²) in [6.45, 7) is 5.39. The number of amides is 2. The molecule has 1 atom stereocenters. The second-order valence-corrected chi connectivity index (χ2v) is 5.98. The number of carbonyl (C=O) groups excluding carboxylic acids is 1. The van der Waals surface area contributed by atoms with E-state index in [1.807, 2.05) is 6.07 Å². The first-order chi connectivity index (χ1) is 10.7. The van der Waals surface area contributed by atoms with Gasteiger partial charge in [0.1, 0.15) is 0 Å². The Hall–Kier alpha value is -1.53. The number of furan rings is 1. The highest BCUT2D eigenvalue weighted by Crippen LogP contribution is 2.15. The molecule has 0 bridgehead atoms. The van der Waals surface area contributed by atoms with Gasteiger partial charge in [-0.05, 0) is 31.4 Å². The van der Waals surface area contributed by atoms with E-state index in [9.17, 15) is 4.79 Å². The predicted molar refractivity (Wildman–Crippen MR) is 84.6 cm³/mol. The number of methoxy groups -OCH3 is 1. The fraction of sp³-hybridized carbons (Fsp3) is 0.688. The molecular formula is C16H27N3O3. The minimum absolute atomic E-state index is 0.0287. The van der Waals surface area contributed by atoms with Gasteiger partial charge in [0.05, 0.1) is 19.1 Å². The smallest absolute Gasteiger partial charge is 0.317 e. The molecule has 0 aromatic carbocycles. The third kappa shape index (κ3) is 5.35. The summed E-state index contributed by atoms with van der Waals surface area (Å²) in [6, 6.07) is 1.84. The summed E-state index contributed by atoms with van der Waals surface area (Å²) in [7, 11) is 3.54. The van der Waals surface area contributed by atoms with E-state index < -0.39 is 0 Å². The van der Waals surface area contributed by atoms with Gasteiger partial charge in [0.2, 0.25) is 0 Å². The van der Waals surface area contributed by atoms with Crippen molar-refractivity contribution in [3.05, 3.63) is 24.2 Å². The molecule has 22 heavy (non-hydrogen) atoms. The van der Waals surface area contributed by atoms with E-state index in [4.69, 9.17) is 9.15 Å². The maximum Gasteiger partial charge on any atom is 0.317 e. The standard InChI is InChI=1S/C16H27N3O3/c1-18(11-15-5-9-22-13-15)16(20)17-10-14-4-7-19(12-14)6-3-8-21-2/h5,9,13-14H,3-4,6-8,10-12H2,1-2H3,(H,17,20). The van der Waals surface area contributed by atoms with Crippen molar-refractivity contribution in [1.29, 1.82) is 0 Å². The van der Waals surface area contributed by atoms with Gasteiger partial charge in [-0.25, -0.2) is 4.79 Å². The molecular weight excluding hydrogens is 282 g/mol. The van der Waals surface area contributed by atoms with E-state index in [1.54, 1.807) is 31.6 Å². The van der Waals surface area contributed by atoms with Crippen LogP contribution >= 0.6 is 0 Å².